The molecule has 0 spiro atoms. The molecule has 2 unspecified atom stereocenters. The molecule has 188 valence electrons. The van der Waals surface area contributed by atoms with E-state index in [1.807, 2.05) is 11.8 Å². The summed E-state index contributed by atoms with van der Waals surface area (Å²) in [6.45, 7) is 10.8. The number of aliphatic hydroxyl groups excluding tert-OH is 1. The third-order valence-electron chi connectivity index (χ3n) is 12.2. The minimum absolute atomic E-state index is 0.0749. The molecule has 4 heteroatoms. The van der Waals surface area contributed by atoms with Crippen LogP contribution in [0, 0.1) is 46.3 Å². The monoisotopic (exact) mass is 459 g/mol. The number of carbonyl (C=O) groups is 1. The standard InChI is InChI=1S/C29H49NO3/c1-5-26(32)30-16-6-7-20(18-30)29(4,33)25-11-10-23-22-9-8-19-17-21(31)12-14-27(19,2)24(22)13-15-28(23,25)3/h19-25,31,33H,5-18H2,1-4H3/t19-,20?,21-,22-,23-,24-,25-,27-,28-,29?/m0/s1. The highest BCUT2D eigenvalue weighted by atomic mass is 16.3. The second-order valence-corrected chi connectivity index (χ2v) is 13.5. The first kappa shape index (κ1) is 24.1. The first-order valence-corrected chi connectivity index (χ1v) is 14.3. The van der Waals surface area contributed by atoms with Gasteiger partial charge in [0, 0.05) is 25.4 Å². The molecule has 1 saturated heterocycles. The van der Waals surface area contributed by atoms with Crippen LogP contribution in [0.1, 0.15) is 105 Å². The van der Waals surface area contributed by atoms with Crippen molar-refractivity contribution in [2.75, 3.05) is 13.1 Å². The maximum atomic E-state index is 12.4. The third-order valence-corrected chi connectivity index (χ3v) is 12.2. The summed E-state index contributed by atoms with van der Waals surface area (Å²) in [6.07, 6.45) is 13.4. The predicted octanol–water partition coefficient (Wildman–Crippen LogP) is 5.41. The minimum Gasteiger partial charge on any atom is -0.393 e. The van der Waals surface area contributed by atoms with Crippen molar-refractivity contribution in [3.63, 3.8) is 0 Å². The molecular formula is C29H49NO3. The average molecular weight is 460 g/mol. The molecule has 4 aliphatic carbocycles. The van der Waals surface area contributed by atoms with Crippen molar-refractivity contribution in [2.45, 2.75) is 116 Å². The molecule has 1 amide bonds. The lowest BCUT2D eigenvalue weighted by molar-refractivity contribution is -0.160. The lowest BCUT2D eigenvalue weighted by Crippen LogP contribution is -2.58. The molecule has 5 aliphatic rings. The number of hydrogen-bond acceptors (Lipinski definition) is 3. The van der Waals surface area contributed by atoms with E-state index < -0.39 is 5.60 Å². The first-order chi connectivity index (χ1) is 15.6. The molecule has 4 nitrogen and oxygen atoms in total. The summed E-state index contributed by atoms with van der Waals surface area (Å²) >= 11 is 0. The van der Waals surface area contributed by atoms with Gasteiger partial charge in [-0.2, -0.15) is 0 Å². The van der Waals surface area contributed by atoms with E-state index >= 15 is 0 Å². The summed E-state index contributed by atoms with van der Waals surface area (Å²) in [4.78, 5) is 14.4. The highest BCUT2D eigenvalue weighted by Crippen LogP contribution is 2.69. The highest BCUT2D eigenvalue weighted by molar-refractivity contribution is 5.75. The zero-order valence-corrected chi connectivity index (χ0v) is 21.7. The maximum absolute atomic E-state index is 12.4. The first-order valence-electron chi connectivity index (χ1n) is 14.3. The van der Waals surface area contributed by atoms with Crippen molar-refractivity contribution < 1.29 is 15.0 Å². The fourth-order valence-electron chi connectivity index (χ4n) is 10.4. The zero-order chi connectivity index (χ0) is 23.6. The largest absolute Gasteiger partial charge is 0.393 e. The van der Waals surface area contributed by atoms with E-state index in [1.165, 1.54) is 38.5 Å². The Labute approximate surface area is 201 Å². The van der Waals surface area contributed by atoms with Gasteiger partial charge in [-0.05, 0) is 118 Å². The maximum Gasteiger partial charge on any atom is 0.222 e. The summed E-state index contributed by atoms with van der Waals surface area (Å²) in [5.74, 6) is 3.83. The smallest absolute Gasteiger partial charge is 0.222 e. The van der Waals surface area contributed by atoms with Crippen molar-refractivity contribution in [3.05, 3.63) is 0 Å². The highest BCUT2D eigenvalue weighted by Gasteiger charge is 2.63. The summed E-state index contributed by atoms with van der Waals surface area (Å²) in [6, 6.07) is 0. The Bertz CT molecular complexity index is 751. The molecule has 0 aromatic rings. The molecule has 0 bridgehead atoms. The van der Waals surface area contributed by atoms with E-state index in [9.17, 15) is 15.0 Å². The van der Waals surface area contributed by atoms with Gasteiger partial charge in [-0.15, -0.1) is 0 Å². The molecule has 0 radical (unpaired) electrons. The van der Waals surface area contributed by atoms with Crippen molar-refractivity contribution in [3.8, 4) is 0 Å². The summed E-state index contributed by atoms with van der Waals surface area (Å²) in [5, 5.41) is 22.4. The van der Waals surface area contributed by atoms with E-state index in [-0.39, 0.29) is 23.3 Å². The molecule has 10 atom stereocenters. The normalized spacial score (nSPS) is 49.5. The number of carbonyl (C=O) groups excluding carboxylic acids is 1. The third kappa shape index (κ3) is 3.72. The lowest BCUT2D eigenvalue weighted by atomic mass is 9.44. The van der Waals surface area contributed by atoms with Gasteiger partial charge in [0.15, 0.2) is 0 Å². The molecule has 1 heterocycles. The Kier molecular flexibility index (Phi) is 6.21. The second kappa shape index (κ2) is 8.50. The number of hydrogen-bond donors (Lipinski definition) is 2. The number of piperidine rings is 1. The molecule has 1 aliphatic heterocycles. The molecule has 5 rings (SSSR count). The fraction of sp³-hybridized carbons (Fsp3) is 0.966. The summed E-state index contributed by atoms with van der Waals surface area (Å²) in [5.41, 5.74) is -0.0629. The number of nitrogens with zero attached hydrogens (tertiary/aromatic N) is 1. The molecule has 5 fully saturated rings. The van der Waals surface area contributed by atoms with Crippen LogP contribution in [0.5, 0.6) is 0 Å². The van der Waals surface area contributed by atoms with Gasteiger partial charge in [0.25, 0.3) is 0 Å². The van der Waals surface area contributed by atoms with E-state index in [0.29, 0.717) is 23.7 Å². The van der Waals surface area contributed by atoms with Gasteiger partial charge in [0.05, 0.1) is 11.7 Å². The van der Waals surface area contributed by atoms with Crippen LogP contribution in [0.15, 0.2) is 0 Å². The van der Waals surface area contributed by atoms with Crippen molar-refractivity contribution in [2.24, 2.45) is 46.3 Å². The van der Waals surface area contributed by atoms with Crippen LogP contribution in [0.4, 0.5) is 0 Å². The number of likely N-dealkylation sites (tertiary alicyclic amines) is 1. The Morgan fingerprint density at radius 2 is 1.73 bits per heavy atom. The molecule has 33 heavy (non-hydrogen) atoms. The molecule has 0 aromatic heterocycles. The minimum atomic E-state index is -0.695. The van der Waals surface area contributed by atoms with E-state index in [2.05, 4.69) is 20.8 Å². The van der Waals surface area contributed by atoms with Crippen molar-refractivity contribution in [1.29, 1.82) is 0 Å². The Morgan fingerprint density at radius 1 is 1.00 bits per heavy atom. The summed E-state index contributed by atoms with van der Waals surface area (Å²) < 4.78 is 0. The number of aliphatic hydroxyl groups is 2. The van der Waals surface area contributed by atoms with Crippen molar-refractivity contribution >= 4 is 5.91 Å². The quantitative estimate of drug-likeness (QED) is 0.593. The van der Waals surface area contributed by atoms with Crippen LogP contribution in [0.2, 0.25) is 0 Å². The van der Waals surface area contributed by atoms with Gasteiger partial charge >= 0.3 is 0 Å². The molecule has 2 N–H and O–H groups in total. The van der Waals surface area contributed by atoms with Gasteiger partial charge in [-0.1, -0.05) is 20.8 Å². The van der Waals surface area contributed by atoms with Gasteiger partial charge in [-0.25, -0.2) is 0 Å². The van der Waals surface area contributed by atoms with Crippen molar-refractivity contribution in [1.82, 2.24) is 4.90 Å². The van der Waals surface area contributed by atoms with E-state index in [1.54, 1.807) is 0 Å². The number of fused-ring (bicyclic) bond motifs is 5. The van der Waals surface area contributed by atoms with E-state index in [0.717, 1.165) is 62.9 Å². The number of rotatable bonds is 3. The molecular weight excluding hydrogens is 410 g/mol. The lowest BCUT2D eigenvalue weighted by Gasteiger charge is -2.62. The number of amides is 1. The van der Waals surface area contributed by atoms with E-state index in [4.69, 9.17) is 0 Å². The predicted molar refractivity (Wildman–Crippen MR) is 131 cm³/mol. The van der Waals surface area contributed by atoms with Crippen LogP contribution in [0.3, 0.4) is 0 Å². The average Bonchev–Trinajstić information content (AvgIpc) is 3.17. The SMILES string of the molecule is CCC(=O)N1CCCC(C(C)(O)[C@H]2CC[C@H]3[C@@H]4CC[C@H]5C[C@@H](O)CC[C@]5(C)[C@H]4CC[C@]23C)C1. The Morgan fingerprint density at radius 3 is 2.48 bits per heavy atom. The van der Waals surface area contributed by atoms with Crippen LogP contribution in [-0.4, -0.2) is 45.8 Å². The Hall–Kier alpha value is -0.610. The van der Waals surface area contributed by atoms with Crippen LogP contribution in [0.25, 0.3) is 0 Å². The van der Waals surface area contributed by atoms with Crippen LogP contribution < -0.4 is 0 Å². The Balaban J connectivity index is 1.35. The van der Waals surface area contributed by atoms with Crippen LogP contribution in [-0.2, 0) is 4.79 Å². The second-order valence-electron chi connectivity index (χ2n) is 13.5. The van der Waals surface area contributed by atoms with Gasteiger partial charge in [0.2, 0.25) is 5.91 Å². The van der Waals surface area contributed by atoms with Crippen LogP contribution >= 0.6 is 0 Å². The fourth-order valence-corrected chi connectivity index (χ4v) is 10.4. The van der Waals surface area contributed by atoms with Gasteiger partial charge in [-0.3, -0.25) is 4.79 Å². The molecule has 0 aromatic carbocycles. The molecule has 4 saturated carbocycles. The van der Waals surface area contributed by atoms with Gasteiger partial charge < -0.3 is 15.1 Å². The summed E-state index contributed by atoms with van der Waals surface area (Å²) in [7, 11) is 0. The topological polar surface area (TPSA) is 60.8 Å². The zero-order valence-electron chi connectivity index (χ0n) is 21.7. The van der Waals surface area contributed by atoms with Gasteiger partial charge in [0.1, 0.15) is 0 Å².